The summed E-state index contributed by atoms with van der Waals surface area (Å²) in [6.45, 7) is 2.52. The van der Waals surface area contributed by atoms with E-state index in [0.717, 1.165) is 12.1 Å². The zero-order chi connectivity index (χ0) is 12.3. The molecule has 1 aromatic carbocycles. The summed E-state index contributed by atoms with van der Waals surface area (Å²) in [5, 5.41) is 0. The molecule has 0 saturated carbocycles. The summed E-state index contributed by atoms with van der Waals surface area (Å²) in [5.74, 6) is 0. The molecule has 4 heteroatoms. The third-order valence-electron chi connectivity index (χ3n) is 2.64. The lowest BCUT2D eigenvalue weighted by molar-refractivity contribution is 0.647. The van der Waals surface area contributed by atoms with Gasteiger partial charge >= 0.3 is 0 Å². The normalized spacial score (nSPS) is 10.5. The number of aromatic nitrogens is 2. The van der Waals surface area contributed by atoms with E-state index >= 15 is 0 Å². The molecule has 88 valence electrons. The van der Waals surface area contributed by atoms with E-state index in [1.807, 2.05) is 25.1 Å². The van der Waals surface area contributed by atoms with Crippen molar-refractivity contribution in [2.75, 3.05) is 0 Å². The molecule has 1 heterocycles. The predicted octanol–water partition coefficient (Wildman–Crippen LogP) is 2.40. The van der Waals surface area contributed by atoms with E-state index in [1.165, 1.54) is 5.56 Å². The highest BCUT2D eigenvalue weighted by Crippen LogP contribution is 2.03. The van der Waals surface area contributed by atoms with Gasteiger partial charge in [-0.3, -0.25) is 9.36 Å². The van der Waals surface area contributed by atoms with Crippen LogP contribution in [0.2, 0.25) is 0 Å². The van der Waals surface area contributed by atoms with Gasteiger partial charge < -0.3 is 0 Å². The summed E-state index contributed by atoms with van der Waals surface area (Å²) in [6, 6.07) is 10.1. The Labute approximate surface area is 114 Å². The number of benzene rings is 1. The molecule has 2 aromatic rings. The average molecular weight is 340 g/mol. The topological polar surface area (TPSA) is 34.9 Å². The highest BCUT2D eigenvalue weighted by Gasteiger charge is 2.04. The van der Waals surface area contributed by atoms with Gasteiger partial charge in [-0.25, -0.2) is 4.98 Å². The van der Waals surface area contributed by atoms with E-state index in [9.17, 15) is 4.79 Å². The van der Waals surface area contributed by atoms with E-state index in [0.29, 0.717) is 10.1 Å². The Bertz CT molecular complexity index is 563. The fourth-order valence-corrected chi connectivity index (χ4v) is 2.05. The molecule has 0 bridgehead atoms. The largest absolute Gasteiger partial charge is 0.298 e. The Morgan fingerprint density at radius 1 is 1.29 bits per heavy atom. The molecule has 1 aromatic heterocycles. The van der Waals surface area contributed by atoms with Crippen LogP contribution in [0.15, 0.2) is 41.5 Å². The molecule has 3 nitrogen and oxygen atoms in total. The van der Waals surface area contributed by atoms with E-state index in [4.69, 9.17) is 0 Å². The second-order valence-corrected chi connectivity index (χ2v) is 4.96. The molecule has 2 rings (SSSR count). The van der Waals surface area contributed by atoms with Crippen molar-refractivity contribution in [1.82, 2.24) is 9.55 Å². The van der Waals surface area contributed by atoms with Crippen LogP contribution in [-0.4, -0.2) is 9.55 Å². The SMILES string of the molecule is Cc1ncn(CCc2ccccc2)c(=O)c1I. The molecule has 0 atom stereocenters. The molecule has 0 amide bonds. The van der Waals surface area contributed by atoms with Crippen molar-refractivity contribution < 1.29 is 0 Å². The van der Waals surface area contributed by atoms with E-state index in [1.54, 1.807) is 10.9 Å². The first-order valence-corrected chi connectivity index (χ1v) is 6.52. The Kier molecular flexibility index (Phi) is 3.93. The van der Waals surface area contributed by atoms with Gasteiger partial charge in [0.25, 0.3) is 5.56 Å². The first-order valence-electron chi connectivity index (χ1n) is 5.44. The lowest BCUT2D eigenvalue weighted by Gasteiger charge is -2.06. The standard InChI is InChI=1S/C13H13IN2O/c1-10-12(14)13(17)16(9-15-10)8-7-11-5-3-2-4-6-11/h2-6,9H,7-8H2,1H3. The van der Waals surface area contributed by atoms with Crippen LogP contribution in [0.25, 0.3) is 0 Å². The maximum Gasteiger partial charge on any atom is 0.267 e. The highest BCUT2D eigenvalue weighted by molar-refractivity contribution is 14.1. The predicted molar refractivity (Wildman–Crippen MR) is 76.1 cm³/mol. The van der Waals surface area contributed by atoms with Gasteiger partial charge in [-0.1, -0.05) is 30.3 Å². The third-order valence-corrected chi connectivity index (χ3v) is 3.88. The lowest BCUT2D eigenvalue weighted by atomic mass is 10.1. The molecule has 17 heavy (non-hydrogen) atoms. The van der Waals surface area contributed by atoms with Gasteiger partial charge in [-0.15, -0.1) is 0 Å². The monoisotopic (exact) mass is 340 g/mol. The molecule has 0 N–H and O–H groups in total. The summed E-state index contributed by atoms with van der Waals surface area (Å²) in [7, 11) is 0. The van der Waals surface area contributed by atoms with E-state index in [-0.39, 0.29) is 5.56 Å². The van der Waals surface area contributed by atoms with Crippen LogP contribution in [-0.2, 0) is 13.0 Å². The van der Waals surface area contributed by atoms with Crippen molar-refractivity contribution in [3.05, 3.63) is 61.8 Å². The van der Waals surface area contributed by atoms with Crippen LogP contribution in [0.5, 0.6) is 0 Å². The summed E-state index contributed by atoms with van der Waals surface area (Å²) >= 11 is 2.05. The molecular formula is C13H13IN2O. The van der Waals surface area contributed by atoms with E-state index < -0.39 is 0 Å². The quantitative estimate of drug-likeness (QED) is 0.805. The second kappa shape index (κ2) is 5.44. The molecule has 0 saturated heterocycles. The van der Waals surface area contributed by atoms with E-state index in [2.05, 4.69) is 39.7 Å². The first-order chi connectivity index (χ1) is 8.18. The van der Waals surface area contributed by atoms with Gasteiger partial charge in [-0.05, 0) is 41.5 Å². The molecule has 0 aliphatic heterocycles. The van der Waals surface area contributed by atoms with Gasteiger partial charge in [0.15, 0.2) is 0 Å². The minimum atomic E-state index is 0.0500. The van der Waals surface area contributed by atoms with Crippen molar-refractivity contribution in [1.29, 1.82) is 0 Å². The van der Waals surface area contributed by atoms with Crippen LogP contribution < -0.4 is 5.56 Å². The van der Waals surface area contributed by atoms with Gasteiger partial charge in [0, 0.05) is 6.54 Å². The maximum absolute atomic E-state index is 11.9. The smallest absolute Gasteiger partial charge is 0.267 e. The minimum Gasteiger partial charge on any atom is -0.298 e. The maximum atomic E-state index is 11.9. The van der Waals surface area contributed by atoms with Gasteiger partial charge in [0.2, 0.25) is 0 Å². The molecule has 0 radical (unpaired) electrons. The van der Waals surface area contributed by atoms with Crippen LogP contribution >= 0.6 is 22.6 Å². The van der Waals surface area contributed by atoms with Crippen LogP contribution in [0.1, 0.15) is 11.3 Å². The molecule has 0 unspecified atom stereocenters. The number of halogens is 1. The van der Waals surface area contributed by atoms with Gasteiger partial charge in [-0.2, -0.15) is 0 Å². The molecule has 0 aliphatic rings. The zero-order valence-corrected chi connectivity index (χ0v) is 11.7. The van der Waals surface area contributed by atoms with Gasteiger partial charge in [0.05, 0.1) is 15.6 Å². The number of hydrogen-bond donors (Lipinski definition) is 0. The third kappa shape index (κ3) is 2.94. The Balaban J connectivity index is 2.16. The summed E-state index contributed by atoms with van der Waals surface area (Å²) in [6.07, 6.45) is 2.48. The summed E-state index contributed by atoms with van der Waals surface area (Å²) in [4.78, 5) is 16.1. The van der Waals surface area contributed by atoms with Crippen molar-refractivity contribution in [3.8, 4) is 0 Å². The number of nitrogens with zero attached hydrogens (tertiary/aromatic N) is 2. The molecule has 0 spiro atoms. The lowest BCUT2D eigenvalue weighted by Crippen LogP contribution is -2.24. The number of hydrogen-bond acceptors (Lipinski definition) is 2. The van der Waals surface area contributed by atoms with Crippen LogP contribution in [0.3, 0.4) is 0 Å². The van der Waals surface area contributed by atoms with Crippen LogP contribution in [0, 0.1) is 10.5 Å². The van der Waals surface area contributed by atoms with Crippen molar-refractivity contribution in [2.24, 2.45) is 0 Å². The van der Waals surface area contributed by atoms with Crippen molar-refractivity contribution in [3.63, 3.8) is 0 Å². The summed E-state index contributed by atoms with van der Waals surface area (Å²) < 4.78 is 2.38. The number of aryl methyl sites for hydroxylation is 3. The Morgan fingerprint density at radius 3 is 2.71 bits per heavy atom. The molecule has 0 fully saturated rings. The van der Waals surface area contributed by atoms with Crippen LogP contribution in [0.4, 0.5) is 0 Å². The average Bonchev–Trinajstić information content (AvgIpc) is 2.36. The number of rotatable bonds is 3. The fourth-order valence-electron chi connectivity index (χ4n) is 1.60. The highest BCUT2D eigenvalue weighted by atomic mass is 127. The van der Waals surface area contributed by atoms with Crippen molar-refractivity contribution in [2.45, 2.75) is 19.9 Å². The second-order valence-electron chi connectivity index (χ2n) is 3.88. The Morgan fingerprint density at radius 2 is 2.00 bits per heavy atom. The fraction of sp³-hybridized carbons (Fsp3) is 0.231. The minimum absolute atomic E-state index is 0.0500. The van der Waals surface area contributed by atoms with Gasteiger partial charge in [0.1, 0.15) is 0 Å². The summed E-state index contributed by atoms with van der Waals surface area (Å²) in [5.41, 5.74) is 2.08. The first kappa shape index (κ1) is 12.3. The Hall–Kier alpha value is -1.17. The van der Waals surface area contributed by atoms with Crippen molar-refractivity contribution >= 4 is 22.6 Å². The zero-order valence-electron chi connectivity index (χ0n) is 9.56. The molecule has 0 aliphatic carbocycles. The molecular weight excluding hydrogens is 327 g/mol.